The van der Waals surface area contributed by atoms with Gasteiger partial charge >= 0.3 is 0 Å². The van der Waals surface area contributed by atoms with Crippen LogP contribution in [0.2, 0.25) is 0 Å². The topological polar surface area (TPSA) is 58.2 Å². The highest BCUT2D eigenvalue weighted by Crippen LogP contribution is 2.35. The predicted molar refractivity (Wildman–Crippen MR) is 113 cm³/mol. The Kier molecular flexibility index (Phi) is 7.27. The largest absolute Gasteiger partial charge is 0.353 e. The highest BCUT2D eigenvalue weighted by molar-refractivity contribution is 8.00. The van der Waals surface area contributed by atoms with Crippen molar-refractivity contribution in [2.24, 2.45) is 0 Å². The third kappa shape index (κ3) is 5.72. The summed E-state index contributed by atoms with van der Waals surface area (Å²) in [5.74, 6) is -0.220. The fourth-order valence-electron chi connectivity index (χ4n) is 2.68. The van der Waals surface area contributed by atoms with Crippen LogP contribution in [0.25, 0.3) is 0 Å². The summed E-state index contributed by atoms with van der Waals surface area (Å²) in [4.78, 5) is 25.9. The van der Waals surface area contributed by atoms with Crippen molar-refractivity contribution in [2.75, 3.05) is 13.1 Å². The van der Waals surface area contributed by atoms with Crippen LogP contribution in [0.15, 0.2) is 95.9 Å². The molecule has 142 valence electrons. The first-order chi connectivity index (χ1) is 13.7. The molecule has 3 aromatic rings. The molecule has 0 heterocycles. The lowest BCUT2D eigenvalue weighted by atomic mass is 10.1. The number of thioether (sulfide) groups is 1. The molecular formula is C23H22N2O2S. The second-order valence-corrected chi connectivity index (χ2v) is 7.31. The molecule has 0 aromatic heterocycles. The fraction of sp³-hybridized carbons (Fsp3) is 0.130. The van der Waals surface area contributed by atoms with E-state index in [2.05, 4.69) is 10.6 Å². The van der Waals surface area contributed by atoms with Gasteiger partial charge in [0, 0.05) is 23.5 Å². The van der Waals surface area contributed by atoms with Crippen LogP contribution >= 0.6 is 11.8 Å². The molecule has 1 atom stereocenters. The van der Waals surface area contributed by atoms with Crippen molar-refractivity contribution in [3.8, 4) is 0 Å². The van der Waals surface area contributed by atoms with Crippen molar-refractivity contribution in [1.82, 2.24) is 10.6 Å². The molecule has 0 radical (unpaired) electrons. The molecule has 0 spiro atoms. The van der Waals surface area contributed by atoms with E-state index in [1.54, 1.807) is 12.1 Å². The molecule has 0 aliphatic rings. The lowest BCUT2D eigenvalue weighted by Crippen LogP contribution is -2.36. The Bertz CT molecular complexity index is 886. The van der Waals surface area contributed by atoms with Crippen LogP contribution in [-0.2, 0) is 4.79 Å². The molecule has 0 fully saturated rings. The van der Waals surface area contributed by atoms with E-state index in [1.165, 1.54) is 11.8 Å². The molecule has 2 N–H and O–H groups in total. The van der Waals surface area contributed by atoms with Gasteiger partial charge in [-0.05, 0) is 29.8 Å². The van der Waals surface area contributed by atoms with Gasteiger partial charge in [-0.3, -0.25) is 9.59 Å². The second-order valence-electron chi connectivity index (χ2n) is 6.13. The molecule has 0 bridgehead atoms. The van der Waals surface area contributed by atoms with E-state index in [1.807, 2.05) is 78.9 Å². The first-order valence-electron chi connectivity index (χ1n) is 9.11. The Morgan fingerprint density at radius 3 is 1.89 bits per heavy atom. The summed E-state index contributed by atoms with van der Waals surface area (Å²) >= 11 is 1.51. The van der Waals surface area contributed by atoms with E-state index in [-0.39, 0.29) is 17.1 Å². The lowest BCUT2D eigenvalue weighted by molar-refractivity contribution is -0.120. The number of carbonyl (C=O) groups is 2. The Hall–Kier alpha value is -3.05. The summed E-state index contributed by atoms with van der Waals surface area (Å²) < 4.78 is 0. The Morgan fingerprint density at radius 2 is 1.25 bits per heavy atom. The lowest BCUT2D eigenvalue weighted by Gasteiger charge is -2.17. The summed E-state index contributed by atoms with van der Waals surface area (Å²) in [6.45, 7) is 0.743. The predicted octanol–water partition coefficient (Wildman–Crippen LogP) is 4.07. The maximum Gasteiger partial charge on any atom is 0.251 e. The van der Waals surface area contributed by atoms with E-state index < -0.39 is 0 Å². The second kappa shape index (κ2) is 10.3. The molecule has 4 nitrogen and oxygen atoms in total. The number of carbonyl (C=O) groups excluding carboxylic acids is 2. The highest BCUT2D eigenvalue weighted by Gasteiger charge is 2.21. The molecule has 2 amide bonds. The molecule has 0 saturated heterocycles. The monoisotopic (exact) mass is 390 g/mol. The third-order valence-corrected chi connectivity index (χ3v) is 5.35. The Balaban J connectivity index is 1.56. The number of amides is 2. The van der Waals surface area contributed by atoms with Crippen molar-refractivity contribution in [3.63, 3.8) is 0 Å². The molecule has 0 aliphatic heterocycles. The van der Waals surface area contributed by atoms with Crippen LogP contribution in [0.5, 0.6) is 0 Å². The summed E-state index contributed by atoms with van der Waals surface area (Å²) in [5, 5.41) is 5.40. The van der Waals surface area contributed by atoms with Crippen molar-refractivity contribution >= 4 is 23.6 Å². The number of hydrogen-bond donors (Lipinski definition) is 2. The van der Waals surface area contributed by atoms with Crippen LogP contribution < -0.4 is 10.6 Å². The first kappa shape index (κ1) is 19.7. The third-order valence-electron chi connectivity index (χ3n) is 4.08. The van der Waals surface area contributed by atoms with Crippen LogP contribution in [0.1, 0.15) is 21.2 Å². The van der Waals surface area contributed by atoms with Crippen LogP contribution in [0.4, 0.5) is 0 Å². The van der Waals surface area contributed by atoms with E-state index >= 15 is 0 Å². The van der Waals surface area contributed by atoms with Crippen molar-refractivity contribution in [3.05, 3.63) is 102 Å². The Morgan fingerprint density at radius 1 is 0.714 bits per heavy atom. The summed E-state index contributed by atoms with van der Waals surface area (Å²) in [6.07, 6.45) is 0. The first-order valence-corrected chi connectivity index (χ1v) is 9.99. The van der Waals surface area contributed by atoms with Crippen molar-refractivity contribution in [2.45, 2.75) is 10.1 Å². The minimum atomic E-state index is -0.353. The standard InChI is InChI=1S/C23H22N2O2S/c26-22(19-12-6-2-7-13-19)24-16-17-25-23(27)21(18-10-4-1-5-11-18)28-20-14-8-3-9-15-20/h1-15,21H,16-17H2,(H,24,26)(H,25,27). The Labute approximate surface area is 169 Å². The quantitative estimate of drug-likeness (QED) is 0.450. The average Bonchev–Trinajstić information content (AvgIpc) is 2.76. The van der Waals surface area contributed by atoms with E-state index in [4.69, 9.17) is 0 Å². The minimum absolute atomic E-state index is 0.0750. The van der Waals surface area contributed by atoms with Gasteiger partial charge < -0.3 is 10.6 Å². The summed E-state index contributed by atoms with van der Waals surface area (Å²) in [6, 6.07) is 28.6. The van der Waals surface area contributed by atoms with Gasteiger partial charge in [-0.2, -0.15) is 0 Å². The molecule has 5 heteroatoms. The zero-order valence-electron chi connectivity index (χ0n) is 15.4. The minimum Gasteiger partial charge on any atom is -0.353 e. The number of rotatable bonds is 8. The van der Waals surface area contributed by atoms with Gasteiger partial charge in [0.15, 0.2) is 0 Å². The maximum absolute atomic E-state index is 12.8. The smallest absolute Gasteiger partial charge is 0.251 e. The SMILES string of the molecule is O=C(NCCNC(=O)C(Sc1ccccc1)c1ccccc1)c1ccccc1. The summed E-state index contributed by atoms with van der Waals surface area (Å²) in [7, 11) is 0. The van der Waals surface area contributed by atoms with Crippen molar-refractivity contribution < 1.29 is 9.59 Å². The van der Waals surface area contributed by atoms with Crippen molar-refractivity contribution in [1.29, 1.82) is 0 Å². The maximum atomic E-state index is 12.8. The number of benzene rings is 3. The highest BCUT2D eigenvalue weighted by atomic mass is 32.2. The zero-order valence-corrected chi connectivity index (χ0v) is 16.2. The van der Waals surface area contributed by atoms with Crippen LogP contribution in [0.3, 0.4) is 0 Å². The van der Waals surface area contributed by atoms with Gasteiger partial charge in [0.2, 0.25) is 5.91 Å². The summed E-state index contributed by atoms with van der Waals surface area (Å²) in [5.41, 5.74) is 1.55. The van der Waals surface area contributed by atoms with Crippen LogP contribution in [-0.4, -0.2) is 24.9 Å². The van der Waals surface area contributed by atoms with E-state index in [0.717, 1.165) is 10.5 Å². The normalized spacial score (nSPS) is 11.4. The molecule has 1 unspecified atom stereocenters. The van der Waals surface area contributed by atoms with Gasteiger partial charge in [-0.25, -0.2) is 0 Å². The van der Waals surface area contributed by atoms with E-state index in [9.17, 15) is 9.59 Å². The van der Waals surface area contributed by atoms with E-state index in [0.29, 0.717) is 18.7 Å². The number of nitrogens with one attached hydrogen (secondary N) is 2. The van der Waals surface area contributed by atoms with Gasteiger partial charge in [-0.15, -0.1) is 11.8 Å². The molecule has 3 aromatic carbocycles. The average molecular weight is 391 g/mol. The molecular weight excluding hydrogens is 368 g/mol. The molecule has 3 rings (SSSR count). The molecule has 0 saturated carbocycles. The van der Waals surface area contributed by atoms with Gasteiger partial charge in [-0.1, -0.05) is 66.7 Å². The fourth-order valence-corrected chi connectivity index (χ4v) is 3.75. The van der Waals surface area contributed by atoms with Gasteiger partial charge in [0.25, 0.3) is 5.91 Å². The molecule has 0 aliphatic carbocycles. The van der Waals surface area contributed by atoms with Gasteiger partial charge in [0.1, 0.15) is 5.25 Å². The molecule has 28 heavy (non-hydrogen) atoms. The van der Waals surface area contributed by atoms with Crippen LogP contribution in [0, 0.1) is 0 Å². The number of hydrogen-bond acceptors (Lipinski definition) is 3. The van der Waals surface area contributed by atoms with Gasteiger partial charge in [0.05, 0.1) is 0 Å². The zero-order chi connectivity index (χ0) is 19.6.